The van der Waals surface area contributed by atoms with Gasteiger partial charge >= 0.3 is 0 Å². The van der Waals surface area contributed by atoms with E-state index in [0.29, 0.717) is 13.2 Å². The Kier molecular flexibility index (Phi) is 142. The second-order valence-electron chi connectivity index (χ2n) is 22.5. The van der Waals surface area contributed by atoms with Crippen LogP contribution in [-0.2, 0) is 32.0 Å². The molecule has 13 aliphatic rings. The topological polar surface area (TPSA) is 187 Å². The largest absolute Gasteiger partial charge is 0.486 e. The lowest BCUT2D eigenvalue weighted by Gasteiger charge is -2.22. The van der Waals surface area contributed by atoms with Gasteiger partial charge in [0.1, 0.15) is 13.2 Å². The summed E-state index contributed by atoms with van der Waals surface area (Å²) < 4.78 is 25.9. The zero-order valence-corrected chi connectivity index (χ0v) is 76.8. The molecule has 2 unspecified atom stereocenters. The molecule has 2 atom stereocenters. The van der Waals surface area contributed by atoms with Gasteiger partial charge in [0.05, 0.1) is 13.2 Å². The third-order valence-corrected chi connectivity index (χ3v) is 16.3. The summed E-state index contributed by atoms with van der Waals surface area (Å²) in [6.07, 6.45) is 25.5. The van der Waals surface area contributed by atoms with Crippen LogP contribution in [-0.4, -0.2) is 213 Å². The highest BCUT2D eigenvalue weighted by Crippen LogP contribution is 2.40. The van der Waals surface area contributed by atoms with E-state index in [9.17, 15) is 4.79 Å². The van der Waals surface area contributed by atoms with E-state index in [4.69, 9.17) is 23.7 Å². The summed E-state index contributed by atoms with van der Waals surface area (Å²) in [6.45, 7) is 80.1. The third kappa shape index (κ3) is 97.5. The number of hydrogen-bond acceptors (Lipinski definition) is 17. The Labute approximate surface area is 674 Å². The fourth-order valence-electron chi connectivity index (χ4n) is 10.1. The first-order valence-electron chi connectivity index (χ1n) is 45.3. The summed E-state index contributed by atoms with van der Waals surface area (Å²) in [6, 6.07) is 16.3. The van der Waals surface area contributed by atoms with Crippen molar-refractivity contribution in [3.8, 4) is 11.5 Å². The Bertz CT molecular complexity index is 1410. The maximum Gasteiger partial charge on any atom is 0.209 e. The lowest BCUT2D eigenvalue weighted by Crippen LogP contribution is -2.42. The number of nitrogens with one attached hydrogen (secondary N) is 10. The zero-order valence-electron chi connectivity index (χ0n) is 76.0. The molecular formula is C89H193N11O6S. The number of thioether (sulfide) groups is 1. The molecule has 12 aliphatic heterocycles. The molecule has 0 bridgehead atoms. The first kappa shape index (κ1) is 123. The highest BCUT2D eigenvalue weighted by molar-refractivity contribution is 7.99. The number of rotatable bonds is 1. The number of piperidine rings is 2. The average molecular weight is 1550 g/mol. The average Bonchev–Trinajstić information content (AvgIpc) is 1.68. The Morgan fingerprint density at radius 1 is 0.308 bits per heavy atom. The van der Waals surface area contributed by atoms with Crippen LogP contribution in [0.15, 0.2) is 48.5 Å². The van der Waals surface area contributed by atoms with Gasteiger partial charge in [0.15, 0.2) is 11.5 Å². The molecule has 0 spiro atoms. The number of piperazine rings is 2. The predicted octanol–water partition coefficient (Wildman–Crippen LogP) is 18.5. The molecule has 0 aromatic heterocycles. The van der Waals surface area contributed by atoms with Crippen molar-refractivity contribution in [3.05, 3.63) is 59.7 Å². The number of carbonyl (C=O) groups excluding carboxylic acids is 1. The number of morpholine rings is 1. The highest BCUT2D eigenvalue weighted by Gasteiger charge is 2.40. The number of fused-ring (bicyclic) bond motifs is 3. The number of para-hydroxylation sites is 2. The third-order valence-electron chi connectivity index (χ3n) is 15.3. The Hall–Kier alpha value is -2.66. The van der Waals surface area contributed by atoms with Crippen molar-refractivity contribution in [2.75, 3.05) is 202 Å². The molecule has 646 valence electrons. The fourth-order valence-corrected chi connectivity index (χ4v) is 10.8. The van der Waals surface area contributed by atoms with Crippen molar-refractivity contribution in [3.63, 3.8) is 0 Å². The van der Waals surface area contributed by atoms with Crippen molar-refractivity contribution < 1.29 is 28.5 Å². The molecule has 12 heterocycles. The minimum absolute atomic E-state index is 0.664. The van der Waals surface area contributed by atoms with E-state index in [1.54, 1.807) is 4.90 Å². The molecule has 11 fully saturated rings. The van der Waals surface area contributed by atoms with E-state index in [1.165, 1.54) is 204 Å². The number of carbonyl (C=O) groups is 1. The molecule has 1 aliphatic carbocycles. The van der Waals surface area contributed by atoms with Gasteiger partial charge in [-0.1, -0.05) is 235 Å². The van der Waals surface area contributed by atoms with Crippen molar-refractivity contribution in [1.29, 1.82) is 0 Å². The van der Waals surface area contributed by atoms with Gasteiger partial charge < -0.3 is 81.8 Å². The van der Waals surface area contributed by atoms with Crippen LogP contribution in [0.5, 0.6) is 11.5 Å². The molecule has 10 saturated heterocycles. The summed E-state index contributed by atoms with van der Waals surface area (Å²) in [5, 5.41) is 32.5. The lowest BCUT2D eigenvalue weighted by atomic mass is 10.0. The van der Waals surface area contributed by atoms with E-state index >= 15 is 0 Å². The van der Waals surface area contributed by atoms with Crippen LogP contribution in [0.25, 0.3) is 0 Å². The van der Waals surface area contributed by atoms with Crippen molar-refractivity contribution >= 4 is 18.2 Å². The van der Waals surface area contributed by atoms with Gasteiger partial charge in [0.25, 0.3) is 0 Å². The maximum atomic E-state index is 10.1. The van der Waals surface area contributed by atoms with Crippen LogP contribution in [0, 0.1) is 11.8 Å². The van der Waals surface area contributed by atoms with E-state index < -0.39 is 0 Å². The summed E-state index contributed by atoms with van der Waals surface area (Å²) in [5.74, 6) is 6.53. The van der Waals surface area contributed by atoms with Crippen molar-refractivity contribution in [1.82, 2.24) is 58.1 Å². The lowest BCUT2D eigenvalue weighted by molar-refractivity contribution is -0.118. The number of nitrogens with zero attached hydrogens (tertiary/aromatic N) is 1. The maximum absolute atomic E-state index is 10.1. The van der Waals surface area contributed by atoms with Gasteiger partial charge in [0, 0.05) is 123 Å². The molecule has 2 aromatic rings. The van der Waals surface area contributed by atoms with Crippen molar-refractivity contribution in [2.24, 2.45) is 11.8 Å². The quantitative estimate of drug-likeness (QED) is 0.121. The Balaban J connectivity index is -0.000000137. The Morgan fingerprint density at radius 3 is 0.888 bits per heavy atom. The highest BCUT2D eigenvalue weighted by atomic mass is 32.2. The molecule has 107 heavy (non-hydrogen) atoms. The minimum atomic E-state index is 0.664. The van der Waals surface area contributed by atoms with Crippen LogP contribution >= 0.6 is 11.8 Å². The molecule has 0 radical (unpaired) electrons. The molecule has 18 heteroatoms. The van der Waals surface area contributed by atoms with Crippen LogP contribution < -0.4 is 62.6 Å². The fraction of sp³-hybridized carbons (Fsp3) is 0.854. The number of benzene rings is 2. The summed E-state index contributed by atoms with van der Waals surface area (Å²) >= 11 is 2.03. The number of hydrogen-bond donors (Lipinski definition) is 10. The molecule has 1 saturated carbocycles. The SMILES string of the molecule is C1CCCNCC1.C1CCCOCC1.C1CCNC1.C1CCNCC1.C1CCOCC1.C1CNCCN1.C1COCCN1.C1CSCCN1.C1NCC2CC12.CC.CC.CC.CC.CC.CC.CC.CC.CC.CC.CC.CC.O=CN1CCNCC1.c1ccc2c(c1)CCNC2.c1ccc2c(c1)OCCO2. The van der Waals surface area contributed by atoms with Crippen molar-refractivity contribution in [2.45, 2.75) is 288 Å². The van der Waals surface area contributed by atoms with Crippen LogP contribution in [0.1, 0.15) is 286 Å². The van der Waals surface area contributed by atoms with E-state index in [2.05, 4.69) is 77.4 Å². The zero-order chi connectivity index (χ0) is 82.1. The van der Waals surface area contributed by atoms with Gasteiger partial charge in [0.2, 0.25) is 6.41 Å². The smallest absolute Gasteiger partial charge is 0.209 e. The van der Waals surface area contributed by atoms with E-state index in [0.717, 1.165) is 148 Å². The molecule has 15 rings (SSSR count). The molecule has 17 nitrogen and oxygen atoms in total. The van der Waals surface area contributed by atoms with Crippen LogP contribution in [0.4, 0.5) is 0 Å². The van der Waals surface area contributed by atoms with Gasteiger partial charge in [-0.2, -0.15) is 11.8 Å². The molecule has 2 aromatic carbocycles. The van der Waals surface area contributed by atoms with Gasteiger partial charge in [-0.3, -0.25) is 4.79 Å². The normalized spacial score (nSPS) is 19.0. The second kappa shape index (κ2) is 124. The van der Waals surface area contributed by atoms with E-state index in [1.807, 2.05) is 202 Å². The first-order chi connectivity index (χ1) is 53.3. The predicted molar refractivity (Wildman–Crippen MR) is 484 cm³/mol. The van der Waals surface area contributed by atoms with Crippen LogP contribution in [0.2, 0.25) is 0 Å². The van der Waals surface area contributed by atoms with Gasteiger partial charge in [-0.25, -0.2) is 0 Å². The van der Waals surface area contributed by atoms with Gasteiger partial charge in [-0.15, -0.1) is 0 Å². The first-order valence-corrected chi connectivity index (χ1v) is 46.5. The van der Waals surface area contributed by atoms with E-state index in [-0.39, 0.29) is 0 Å². The number of amides is 1. The summed E-state index contributed by atoms with van der Waals surface area (Å²) in [4.78, 5) is 11.8. The minimum Gasteiger partial charge on any atom is -0.486 e. The molecule has 10 N–H and O–H groups in total. The Morgan fingerprint density at radius 2 is 0.617 bits per heavy atom. The molecular weight excluding hydrogens is 1350 g/mol. The van der Waals surface area contributed by atoms with Crippen LogP contribution in [0.3, 0.4) is 0 Å². The monoisotopic (exact) mass is 1540 g/mol. The second-order valence-corrected chi connectivity index (χ2v) is 23.7. The molecule has 1 amide bonds. The summed E-state index contributed by atoms with van der Waals surface area (Å²) in [7, 11) is 0. The summed E-state index contributed by atoms with van der Waals surface area (Å²) in [5.41, 5.74) is 2.98. The number of ether oxygens (including phenoxy) is 5. The van der Waals surface area contributed by atoms with Gasteiger partial charge in [-0.05, 0) is 177 Å². The standard InChI is InChI=1S/C9H11N.C8H8O2.C6H13N.C6H12O.C5H10N2O.C5H9N.C5H11N.C5H10O.C4H10N2.C4H9NO.C4H9NS.C4H9N.12C2H6/c1-2-4-9-7-10-6-5-8(9)3-1;1-2-4-8-7(3-1)9-5-6-10-8;2*1-2-4-6-7-5-3-1;8-5-7-3-1-6-2-4-7;1-4-2-6-3-5(1)4;2*1-2-4-6-5-3-1;1-2-6-4-3-5-1;2*1-3-6-4-2-5-1;1-2-4-5-3-1;12*1-2/h1-4,10H,5-7H2;1-4H,5-6H2;7H,1-6H2;1-6H2;5-6H,1-4H2;4-6H,1-3H2;6H,1-5H2;1-5H2;5-6H,1-4H2;2*5H,1-4H2;5H,1-4H2;12*1-2H3.